The predicted molar refractivity (Wildman–Crippen MR) is 93.3 cm³/mol. The first kappa shape index (κ1) is 16.8. The average molecular weight is 319 g/mol. The summed E-state index contributed by atoms with van der Waals surface area (Å²) in [6, 6.07) is 14.8. The van der Waals surface area contributed by atoms with Crippen molar-refractivity contribution < 1.29 is 4.79 Å². The van der Waals surface area contributed by atoms with E-state index in [1.54, 1.807) is 0 Å². The maximum atomic E-state index is 12.1. The number of hydrogen-bond acceptors (Lipinski definition) is 2. The van der Waals surface area contributed by atoms with Crippen LogP contribution in [-0.4, -0.2) is 19.0 Å². The molecular formula is C18H23ClN2O. The third-order valence-electron chi connectivity index (χ3n) is 4.28. The second-order valence-corrected chi connectivity index (χ2v) is 5.80. The molecule has 1 aliphatic rings. The van der Waals surface area contributed by atoms with E-state index in [9.17, 15) is 4.79 Å². The highest BCUT2D eigenvalue weighted by atomic mass is 35.5. The van der Waals surface area contributed by atoms with E-state index < -0.39 is 0 Å². The molecule has 0 radical (unpaired) electrons. The second kappa shape index (κ2) is 7.61. The van der Waals surface area contributed by atoms with Gasteiger partial charge in [0.25, 0.3) is 0 Å². The van der Waals surface area contributed by atoms with Crippen molar-refractivity contribution in [2.45, 2.75) is 25.2 Å². The Morgan fingerprint density at radius 2 is 1.91 bits per heavy atom. The maximum Gasteiger partial charge on any atom is 0.223 e. The van der Waals surface area contributed by atoms with Crippen molar-refractivity contribution in [1.29, 1.82) is 0 Å². The van der Waals surface area contributed by atoms with Crippen molar-refractivity contribution >= 4 is 29.1 Å². The van der Waals surface area contributed by atoms with E-state index in [2.05, 4.69) is 47.8 Å². The van der Waals surface area contributed by atoms with Crippen LogP contribution in [0.5, 0.6) is 0 Å². The van der Waals surface area contributed by atoms with Crippen molar-refractivity contribution in [2.75, 3.05) is 13.1 Å². The Labute approximate surface area is 137 Å². The van der Waals surface area contributed by atoms with Crippen LogP contribution in [-0.2, 0) is 4.79 Å². The van der Waals surface area contributed by atoms with Crippen LogP contribution in [0.25, 0.3) is 10.8 Å². The van der Waals surface area contributed by atoms with Gasteiger partial charge in [0.05, 0.1) is 0 Å². The number of amides is 1. The van der Waals surface area contributed by atoms with E-state index in [1.807, 2.05) is 0 Å². The third kappa shape index (κ3) is 3.60. The largest absolute Gasteiger partial charge is 0.356 e. The van der Waals surface area contributed by atoms with Gasteiger partial charge in [-0.05, 0) is 48.1 Å². The lowest BCUT2D eigenvalue weighted by Gasteiger charge is -2.07. The van der Waals surface area contributed by atoms with Crippen molar-refractivity contribution in [2.24, 2.45) is 11.7 Å². The van der Waals surface area contributed by atoms with E-state index in [0.717, 1.165) is 25.8 Å². The molecular weight excluding hydrogens is 296 g/mol. The third-order valence-corrected chi connectivity index (χ3v) is 4.28. The van der Waals surface area contributed by atoms with Gasteiger partial charge in [0.2, 0.25) is 5.91 Å². The smallest absolute Gasteiger partial charge is 0.223 e. The Morgan fingerprint density at radius 3 is 2.73 bits per heavy atom. The van der Waals surface area contributed by atoms with Gasteiger partial charge in [-0.15, -0.1) is 12.4 Å². The Morgan fingerprint density at radius 1 is 1.14 bits per heavy atom. The summed E-state index contributed by atoms with van der Waals surface area (Å²) in [4.78, 5) is 12.1. The first-order valence-electron chi connectivity index (χ1n) is 7.76. The molecule has 0 aromatic heterocycles. The molecule has 1 aliphatic carbocycles. The summed E-state index contributed by atoms with van der Waals surface area (Å²) < 4.78 is 0. The van der Waals surface area contributed by atoms with E-state index >= 15 is 0 Å². The molecule has 1 saturated carbocycles. The minimum absolute atomic E-state index is 0. The monoisotopic (exact) mass is 318 g/mol. The second-order valence-electron chi connectivity index (χ2n) is 5.80. The fourth-order valence-electron chi connectivity index (χ4n) is 3.01. The van der Waals surface area contributed by atoms with Gasteiger partial charge in [0, 0.05) is 12.5 Å². The fraction of sp³-hybridized carbons (Fsp3) is 0.389. The number of nitrogens with two attached hydrogens (primary N) is 1. The summed E-state index contributed by atoms with van der Waals surface area (Å²) in [5.74, 6) is 0.726. The lowest BCUT2D eigenvalue weighted by Crippen LogP contribution is -2.26. The molecule has 22 heavy (non-hydrogen) atoms. The standard InChI is InChI=1S/C18H22N2O.ClH/c19-10-3-4-11-20-18(21)17-12-16(17)15-9-5-7-13-6-1-2-8-14(13)15;/h1-2,5-9,16-17H,3-4,10-12,19H2,(H,20,21);1H. The molecule has 3 rings (SSSR count). The van der Waals surface area contributed by atoms with Crippen LogP contribution in [0.1, 0.15) is 30.7 Å². The number of nitrogens with one attached hydrogen (secondary N) is 1. The molecule has 118 valence electrons. The van der Waals surface area contributed by atoms with Gasteiger partial charge in [0.1, 0.15) is 0 Å². The molecule has 0 heterocycles. The molecule has 2 aromatic rings. The number of hydrogen-bond donors (Lipinski definition) is 2. The van der Waals surface area contributed by atoms with Gasteiger partial charge in [-0.1, -0.05) is 42.5 Å². The summed E-state index contributed by atoms with van der Waals surface area (Å²) in [6.45, 7) is 1.44. The highest BCUT2D eigenvalue weighted by Gasteiger charge is 2.44. The van der Waals surface area contributed by atoms with Crippen LogP contribution in [0, 0.1) is 5.92 Å². The van der Waals surface area contributed by atoms with Crippen LogP contribution < -0.4 is 11.1 Å². The molecule has 0 spiro atoms. The molecule has 2 aromatic carbocycles. The number of carbonyl (C=O) groups is 1. The van der Waals surface area contributed by atoms with Gasteiger partial charge in [-0.2, -0.15) is 0 Å². The number of carbonyl (C=O) groups excluding carboxylic acids is 1. The zero-order valence-corrected chi connectivity index (χ0v) is 13.4. The highest BCUT2D eigenvalue weighted by molar-refractivity contribution is 5.89. The van der Waals surface area contributed by atoms with E-state index in [0.29, 0.717) is 12.5 Å². The summed E-state index contributed by atoms with van der Waals surface area (Å²) in [7, 11) is 0. The van der Waals surface area contributed by atoms with E-state index in [-0.39, 0.29) is 24.2 Å². The first-order chi connectivity index (χ1) is 10.3. The van der Waals surface area contributed by atoms with Gasteiger partial charge < -0.3 is 11.1 Å². The molecule has 4 heteroatoms. The van der Waals surface area contributed by atoms with Crippen LogP contribution >= 0.6 is 12.4 Å². The van der Waals surface area contributed by atoms with Crippen LogP contribution in [0.3, 0.4) is 0 Å². The molecule has 0 aliphatic heterocycles. The SMILES string of the molecule is Cl.NCCCCNC(=O)C1CC1c1cccc2ccccc12. The first-order valence-corrected chi connectivity index (χ1v) is 7.76. The quantitative estimate of drug-likeness (QED) is 0.803. The summed E-state index contributed by atoms with van der Waals surface area (Å²) in [6.07, 6.45) is 2.91. The zero-order chi connectivity index (χ0) is 14.7. The molecule has 2 unspecified atom stereocenters. The van der Waals surface area contributed by atoms with Gasteiger partial charge >= 0.3 is 0 Å². The van der Waals surface area contributed by atoms with Crippen molar-refractivity contribution in [3.8, 4) is 0 Å². The molecule has 0 bridgehead atoms. The molecule has 3 N–H and O–H groups in total. The zero-order valence-electron chi connectivity index (χ0n) is 12.6. The Balaban J connectivity index is 0.00000176. The Kier molecular flexibility index (Phi) is 5.81. The predicted octanol–water partition coefficient (Wildman–Crippen LogP) is 3.22. The van der Waals surface area contributed by atoms with Crippen molar-refractivity contribution in [3.63, 3.8) is 0 Å². The van der Waals surface area contributed by atoms with Crippen LogP contribution in [0.15, 0.2) is 42.5 Å². The molecule has 2 atom stereocenters. The van der Waals surface area contributed by atoms with Crippen LogP contribution in [0.4, 0.5) is 0 Å². The highest BCUT2D eigenvalue weighted by Crippen LogP contribution is 2.49. The topological polar surface area (TPSA) is 55.1 Å². The number of benzene rings is 2. The Bertz CT molecular complexity index is 639. The van der Waals surface area contributed by atoms with E-state index in [4.69, 9.17) is 5.73 Å². The van der Waals surface area contributed by atoms with Crippen molar-refractivity contribution in [1.82, 2.24) is 5.32 Å². The van der Waals surface area contributed by atoms with Gasteiger partial charge in [-0.25, -0.2) is 0 Å². The van der Waals surface area contributed by atoms with Crippen molar-refractivity contribution in [3.05, 3.63) is 48.0 Å². The number of rotatable bonds is 6. The fourth-order valence-corrected chi connectivity index (χ4v) is 3.01. The Hall–Kier alpha value is -1.58. The minimum atomic E-state index is 0. The normalized spacial score (nSPS) is 19.5. The molecule has 1 fully saturated rings. The number of halogens is 1. The summed E-state index contributed by atoms with van der Waals surface area (Å²) >= 11 is 0. The van der Waals surface area contributed by atoms with Gasteiger partial charge in [-0.3, -0.25) is 4.79 Å². The number of fused-ring (bicyclic) bond motifs is 1. The lowest BCUT2D eigenvalue weighted by atomic mass is 10.00. The summed E-state index contributed by atoms with van der Waals surface area (Å²) in [5, 5.41) is 5.57. The average Bonchev–Trinajstić information content (AvgIpc) is 3.31. The summed E-state index contributed by atoms with van der Waals surface area (Å²) in [5.41, 5.74) is 6.77. The number of unbranched alkanes of at least 4 members (excludes halogenated alkanes) is 1. The molecule has 3 nitrogen and oxygen atoms in total. The molecule has 0 saturated heterocycles. The maximum absolute atomic E-state index is 12.1. The van der Waals surface area contributed by atoms with E-state index in [1.165, 1.54) is 16.3 Å². The lowest BCUT2D eigenvalue weighted by molar-refractivity contribution is -0.122. The van der Waals surface area contributed by atoms with Gasteiger partial charge in [0.15, 0.2) is 0 Å². The minimum Gasteiger partial charge on any atom is -0.356 e. The molecule has 1 amide bonds. The van der Waals surface area contributed by atoms with Crippen LogP contribution in [0.2, 0.25) is 0 Å².